The zero-order valence-corrected chi connectivity index (χ0v) is 14.1. The molecule has 1 aliphatic carbocycles. The van der Waals surface area contributed by atoms with Crippen molar-refractivity contribution >= 4 is 23.8 Å². The van der Waals surface area contributed by atoms with Crippen LogP contribution in [-0.4, -0.2) is 11.9 Å². The fraction of sp³-hybridized carbons (Fsp3) is 0.200. The van der Waals surface area contributed by atoms with Crippen molar-refractivity contribution < 1.29 is 23.5 Å². The van der Waals surface area contributed by atoms with Crippen LogP contribution in [0.15, 0.2) is 36.4 Å². The van der Waals surface area contributed by atoms with E-state index in [1.165, 1.54) is 32.0 Å². The third-order valence-electron chi connectivity index (χ3n) is 3.91. The van der Waals surface area contributed by atoms with Crippen LogP contribution in [0.3, 0.4) is 0 Å². The number of fused-ring (bicyclic) bond motifs is 2. The van der Waals surface area contributed by atoms with E-state index in [9.17, 15) is 14.0 Å². The Morgan fingerprint density at radius 2 is 1.76 bits per heavy atom. The summed E-state index contributed by atoms with van der Waals surface area (Å²) >= 11 is 0. The maximum Gasteiger partial charge on any atom is 0.308 e. The number of carbonyl (C=O) groups excluding carboxylic acids is 2. The molecule has 128 valence electrons. The first-order chi connectivity index (χ1) is 11.8. The third kappa shape index (κ3) is 3.45. The molecule has 0 amide bonds. The quantitative estimate of drug-likeness (QED) is 0.770. The minimum Gasteiger partial charge on any atom is -0.453 e. The van der Waals surface area contributed by atoms with Gasteiger partial charge in [-0.3, -0.25) is 9.59 Å². The first kappa shape index (κ1) is 16.9. The Bertz CT molecular complexity index is 899. The molecule has 0 saturated carbocycles. The van der Waals surface area contributed by atoms with E-state index in [-0.39, 0.29) is 0 Å². The van der Waals surface area contributed by atoms with E-state index in [0.717, 1.165) is 11.1 Å². The predicted octanol–water partition coefficient (Wildman–Crippen LogP) is 4.16. The van der Waals surface area contributed by atoms with E-state index in [2.05, 4.69) is 0 Å². The fourth-order valence-corrected chi connectivity index (χ4v) is 2.95. The molecule has 2 aromatic carbocycles. The number of hydrogen-bond donors (Lipinski definition) is 0. The first-order valence-corrected chi connectivity index (χ1v) is 7.83. The molecule has 3 rings (SSSR count). The highest BCUT2D eigenvalue weighted by Gasteiger charge is 2.28. The largest absolute Gasteiger partial charge is 0.453 e. The summed E-state index contributed by atoms with van der Waals surface area (Å²) in [5.74, 6) is -1.14. The second-order valence-corrected chi connectivity index (χ2v) is 5.96. The number of halogens is 1. The van der Waals surface area contributed by atoms with Gasteiger partial charge in [0.25, 0.3) is 0 Å². The van der Waals surface area contributed by atoms with Gasteiger partial charge in [0.2, 0.25) is 0 Å². The van der Waals surface area contributed by atoms with Crippen molar-refractivity contribution in [3.8, 4) is 0 Å². The van der Waals surface area contributed by atoms with Crippen LogP contribution < -0.4 is 0 Å². The van der Waals surface area contributed by atoms with Crippen LogP contribution in [0, 0.1) is 12.7 Å². The Hall–Kier alpha value is -2.95. The second kappa shape index (κ2) is 6.51. The van der Waals surface area contributed by atoms with Gasteiger partial charge >= 0.3 is 11.9 Å². The molecule has 0 heterocycles. The molecule has 0 aliphatic heterocycles. The average molecular weight is 340 g/mol. The van der Waals surface area contributed by atoms with Crippen molar-refractivity contribution in [1.82, 2.24) is 0 Å². The summed E-state index contributed by atoms with van der Waals surface area (Å²) in [5.41, 5.74) is 3.40. The lowest BCUT2D eigenvalue weighted by Gasteiger charge is -2.20. The van der Waals surface area contributed by atoms with Crippen molar-refractivity contribution in [1.29, 1.82) is 0 Å². The normalized spacial score (nSPS) is 15.4. The van der Waals surface area contributed by atoms with Gasteiger partial charge in [-0.05, 0) is 36.8 Å². The molecule has 4 nitrogen and oxygen atoms in total. The summed E-state index contributed by atoms with van der Waals surface area (Å²) in [6.45, 7) is 4.53. The van der Waals surface area contributed by atoms with E-state index in [4.69, 9.17) is 9.47 Å². The molecule has 0 aromatic heterocycles. The zero-order chi connectivity index (χ0) is 18.1. The Morgan fingerprint density at radius 1 is 1.00 bits per heavy atom. The van der Waals surface area contributed by atoms with Gasteiger partial charge in [-0.15, -0.1) is 0 Å². The van der Waals surface area contributed by atoms with Gasteiger partial charge in [-0.1, -0.05) is 23.8 Å². The second-order valence-electron chi connectivity index (χ2n) is 5.96. The number of ether oxygens (including phenoxy) is 2. The summed E-state index contributed by atoms with van der Waals surface area (Å²) in [5, 5.41) is 0. The van der Waals surface area contributed by atoms with Crippen LogP contribution >= 0.6 is 0 Å². The minimum atomic E-state index is -0.789. The Balaban J connectivity index is 2.30. The summed E-state index contributed by atoms with van der Waals surface area (Å²) in [7, 11) is 0. The molecule has 1 atom stereocenters. The smallest absolute Gasteiger partial charge is 0.308 e. The number of benzene rings is 2. The lowest BCUT2D eigenvalue weighted by Crippen LogP contribution is -2.12. The molecular formula is C20H17FO4. The van der Waals surface area contributed by atoms with Crippen molar-refractivity contribution in [2.45, 2.75) is 26.9 Å². The molecule has 0 N–H and O–H groups in total. The number of rotatable bonds is 2. The van der Waals surface area contributed by atoms with Crippen molar-refractivity contribution in [3.05, 3.63) is 70.0 Å². The zero-order valence-electron chi connectivity index (χ0n) is 14.1. The molecule has 0 saturated heterocycles. The van der Waals surface area contributed by atoms with Gasteiger partial charge in [0, 0.05) is 30.5 Å². The number of carbonyl (C=O) groups is 2. The van der Waals surface area contributed by atoms with E-state index in [0.29, 0.717) is 22.4 Å². The summed E-state index contributed by atoms with van der Waals surface area (Å²) in [6.07, 6.45) is 0.923. The topological polar surface area (TPSA) is 52.6 Å². The molecule has 25 heavy (non-hydrogen) atoms. The Morgan fingerprint density at radius 3 is 2.44 bits per heavy atom. The predicted molar refractivity (Wildman–Crippen MR) is 90.8 cm³/mol. The number of aryl methyl sites for hydroxylation is 1. The summed E-state index contributed by atoms with van der Waals surface area (Å²) < 4.78 is 24.7. The van der Waals surface area contributed by atoms with Crippen LogP contribution in [0.5, 0.6) is 0 Å². The van der Waals surface area contributed by atoms with Crippen molar-refractivity contribution in [2.75, 3.05) is 0 Å². The van der Waals surface area contributed by atoms with Gasteiger partial charge in [0.15, 0.2) is 6.10 Å². The molecular weight excluding hydrogens is 323 g/mol. The van der Waals surface area contributed by atoms with E-state index in [1.54, 1.807) is 6.08 Å². The molecule has 0 bridgehead atoms. The Labute approximate surface area is 144 Å². The van der Waals surface area contributed by atoms with Gasteiger partial charge in [-0.2, -0.15) is 0 Å². The molecule has 1 aliphatic rings. The Kier molecular flexibility index (Phi) is 4.40. The van der Waals surface area contributed by atoms with Gasteiger partial charge in [0.1, 0.15) is 11.6 Å². The van der Waals surface area contributed by atoms with Crippen LogP contribution in [0.25, 0.3) is 11.8 Å². The standard InChI is InChI=1S/C20H17FO4/c1-11-4-6-16-14(8-11)9-19(24-12(2)22)17-7-5-15(21)10-18(17)20(16)25-13(3)23/h4-10,20H,1-3H3. The molecule has 0 spiro atoms. The molecule has 0 radical (unpaired) electrons. The van der Waals surface area contributed by atoms with E-state index in [1.807, 2.05) is 25.1 Å². The molecule has 2 aromatic rings. The average Bonchev–Trinajstić information content (AvgIpc) is 2.62. The molecule has 5 heteroatoms. The van der Waals surface area contributed by atoms with Gasteiger partial charge in [-0.25, -0.2) is 4.39 Å². The highest BCUT2D eigenvalue weighted by Crippen LogP contribution is 2.39. The summed E-state index contributed by atoms with van der Waals surface area (Å²) in [4.78, 5) is 23.2. The maximum absolute atomic E-state index is 13.9. The van der Waals surface area contributed by atoms with Crippen LogP contribution in [0.2, 0.25) is 0 Å². The van der Waals surface area contributed by atoms with E-state index < -0.39 is 23.9 Å². The number of hydrogen-bond acceptors (Lipinski definition) is 4. The molecule has 1 unspecified atom stereocenters. The lowest BCUT2D eigenvalue weighted by molar-refractivity contribution is -0.144. The summed E-state index contributed by atoms with van der Waals surface area (Å²) in [6, 6.07) is 9.73. The van der Waals surface area contributed by atoms with Crippen LogP contribution in [-0.2, 0) is 19.1 Å². The van der Waals surface area contributed by atoms with Crippen molar-refractivity contribution in [2.24, 2.45) is 0 Å². The number of esters is 2. The first-order valence-electron chi connectivity index (χ1n) is 7.83. The van der Waals surface area contributed by atoms with Crippen LogP contribution in [0.1, 0.15) is 47.8 Å². The lowest BCUT2D eigenvalue weighted by atomic mass is 9.95. The maximum atomic E-state index is 13.9. The minimum absolute atomic E-state index is 0.295. The van der Waals surface area contributed by atoms with E-state index >= 15 is 0 Å². The SMILES string of the molecule is CC(=O)OC1=Cc2cc(C)ccc2C(OC(C)=O)c2cc(F)ccc21. The third-order valence-corrected chi connectivity index (χ3v) is 3.91. The molecule has 0 fully saturated rings. The highest BCUT2D eigenvalue weighted by atomic mass is 19.1. The van der Waals surface area contributed by atoms with Gasteiger partial charge in [0.05, 0.1) is 0 Å². The van der Waals surface area contributed by atoms with Gasteiger partial charge < -0.3 is 9.47 Å². The highest BCUT2D eigenvalue weighted by molar-refractivity contribution is 5.88. The fourth-order valence-electron chi connectivity index (χ4n) is 2.95. The monoisotopic (exact) mass is 340 g/mol. The van der Waals surface area contributed by atoms with Crippen LogP contribution in [0.4, 0.5) is 4.39 Å². The van der Waals surface area contributed by atoms with Crippen molar-refractivity contribution in [3.63, 3.8) is 0 Å².